The van der Waals surface area contributed by atoms with E-state index >= 15 is 0 Å². The molecule has 0 aliphatic rings. The maximum atomic E-state index is 11.3. The highest BCUT2D eigenvalue weighted by Gasteiger charge is 2.12. The van der Waals surface area contributed by atoms with Gasteiger partial charge in [0.15, 0.2) is 15.7 Å². The second kappa shape index (κ2) is 6.63. The summed E-state index contributed by atoms with van der Waals surface area (Å²) in [5, 5.41) is 11.9. The van der Waals surface area contributed by atoms with Gasteiger partial charge in [0.1, 0.15) is 12.4 Å². The second-order valence-corrected chi connectivity index (χ2v) is 6.62. The third kappa shape index (κ3) is 4.60. The van der Waals surface area contributed by atoms with E-state index in [1.54, 1.807) is 13.0 Å². The summed E-state index contributed by atoms with van der Waals surface area (Å²) in [6, 6.07) is 4.57. The Kier molecular flexibility index (Phi) is 5.44. The first-order valence-corrected chi connectivity index (χ1v) is 7.70. The molecule has 0 unspecified atom stereocenters. The zero-order chi connectivity index (χ0) is 14.5. The van der Waals surface area contributed by atoms with Crippen LogP contribution in [0.1, 0.15) is 12.5 Å². The van der Waals surface area contributed by atoms with Gasteiger partial charge in [0, 0.05) is 10.8 Å². The van der Waals surface area contributed by atoms with Crippen LogP contribution in [-0.4, -0.2) is 37.6 Å². The van der Waals surface area contributed by atoms with E-state index in [2.05, 4.69) is 5.16 Å². The number of amidine groups is 1. The van der Waals surface area contributed by atoms with E-state index in [1.807, 2.05) is 0 Å². The maximum absolute atomic E-state index is 11.3. The number of rotatable bonds is 6. The first kappa shape index (κ1) is 15.6. The summed E-state index contributed by atoms with van der Waals surface area (Å²) in [6.45, 7) is 1.54. The number of nitrogens with zero attached hydrogens (tertiary/aromatic N) is 1. The summed E-state index contributed by atoms with van der Waals surface area (Å²) in [4.78, 5) is 0. The molecular formula is C11H15ClN2O4S. The molecule has 8 heteroatoms. The van der Waals surface area contributed by atoms with Crippen molar-refractivity contribution < 1.29 is 18.4 Å². The first-order chi connectivity index (χ1) is 8.89. The Morgan fingerprint density at radius 2 is 2.21 bits per heavy atom. The van der Waals surface area contributed by atoms with Crippen LogP contribution in [0.4, 0.5) is 0 Å². The molecule has 6 nitrogen and oxygen atoms in total. The fraction of sp³-hybridized carbons (Fsp3) is 0.364. The van der Waals surface area contributed by atoms with Gasteiger partial charge in [0.05, 0.1) is 11.3 Å². The van der Waals surface area contributed by atoms with Crippen molar-refractivity contribution in [1.82, 2.24) is 0 Å². The van der Waals surface area contributed by atoms with Gasteiger partial charge in [-0.15, -0.1) is 0 Å². The van der Waals surface area contributed by atoms with Crippen LogP contribution in [0.2, 0.25) is 5.02 Å². The van der Waals surface area contributed by atoms with Crippen molar-refractivity contribution in [3.8, 4) is 5.75 Å². The minimum atomic E-state index is -3.11. The molecule has 0 saturated heterocycles. The van der Waals surface area contributed by atoms with Crippen molar-refractivity contribution in [2.75, 3.05) is 18.1 Å². The Bertz CT molecular complexity index is 572. The van der Waals surface area contributed by atoms with E-state index in [-0.39, 0.29) is 29.7 Å². The molecule has 3 N–H and O–H groups in total. The molecule has 0 aliphatic heterocycles. The highest BCUT2D eigenvalue weighted by atomic mass is 35.5. The van der Waals surface area contributed by atoms with Gasteiger partial charge in [-0.05, 0) is 18.2 Å². The molecule has 1 aromatic rings. The molecular weight excluding hydrogens is 292 g/mol. The number of oxime groups is 1. The molecule has 1 rings (SSSR count). The topological polar surface area (TPSA) is 102 Å². The van der Waals surface area contributed by atoms with Crippen molar-refractivity contribution in [2.45, 2.75) is 6.92 Å². The van der Waals surface area contributed by atoms with Crippen LogP contribution in [0, 0.1) is 0 Å². The molecule has 0 atom stereocenters. The molecule has 0 aromatic heterocycles. The Morgan fingerprint density at radius 3 is 2.79 bits per heavy atom. The van der Waals surface area contributed by atoms with Crippen molar-refractivity contribution in [2.24, 2.45) is 10.9 Å². The van der Waals surface area contributed by atoms with Crippen LogP contribution in [0.15, 0.2) is 23.4 Å². The van der Waals surface area contributed by atoms with Crippen LogP contribution < -0.4 is 10.5 Å². The Labute approximate surface area is 116 Å². The number of hydrogen-bond donors (Lipinski definition) is 2. The lowest BCUT2D eigenvalue weighted by atomic mass is 10.2. The number of benzene rings is 1. The fourth-order valence-corrected chi connectivity index (χ4v) is 2.09. The zero-order valence-corrected chi connectivity index (χ0v) is 11.9. The Morgan fingerprint density at radius 1 is 1.53 bits per heavy atom. The van der Waals surface area contributed by atoms with E-state index in [0.29, 0.717) is 10.6 Å². The smallest absolute Gasteiger partial charge is 0.173 e. The SMILES string of the molecule is CCS(=O)(=O)CCOc1cc(Cl)ccc1/C(N)=N/O. The van der Waals surface area contributed by atoms with E-state index in [4.69, 9.17) is 27.3 Å². The number of sulfone groups is 1. The van der Waals surface area contributed by atoms with Gasteiger partial charge >= 0.3 is 0 Å². The third-order valence-corrected chi connectivity index (χ3v) is 4.32. The van der Waals surface area contributed by atoms with Crippen LogP contribution in [0.3, 0.4) is 0 Å². The summed E-state index contributed by atoms with van der Waals surface area (Å²) in [6.07, 6.45) is 0. The van der Waals surface area contributed by atoms with Crippen LogP contribution >= 0.6 is 11.6 Å². The molecule has 19 heavy (non-hydrogen) atoms. The van der Waals surface area contributed by atoms with E-state index in [1.165, 1.54) is 12.1 Å². The zero-order valence-electron chi connectivity index (χ0n) is 10.3. The molecule has 0 saturated carbocycles. The van der Waals surface area contributed by atoms with Gasteiger partial charge in [-0.25, -0.2) is 8.42 Å². The number of ether oxygens (including phenoxy) is 1. The lowest BCUT2D eigenvalue weighted by Crippen LogP contribution is -2.18. The van der Waals surface area contributed by atoms with E-state index < -0.39 is 9.84 Å². The quantitative estimate of drug-likeness (QED) is 0.356. The Hall–Kier alpha value is -1.47. The fourth-order valence-electron chi connectivity index (χ4n) is 1.30. The molecule has 0 spiro atoms. The molecule has 0 bridgehead atoms. The normalized spacial score (nSPS) is 12.4. The van der Waals surface area contributed by atoms with Gasteiger partial charge in [0.25, 0.3) is 0 Å². The summed E-state index contributed by atoms with van der Waals surface area (Å²) < 4.78 is 28.0. The standard InChI is InChI=1S/C11H15ClN2O4S/c1-2-19(16,17)6-5-18-10-7-8(12)3-4-9(10)11(13)14-15/h3-4,7,15H,2,5-6H2,1H3,(H2,13,14). The minimum Gasteiger partial charge on any atom is -0.492 e. The lowest BCUT2D eigenvalue weighted by Gasteiger charge is -2.11. The summed E-state index contributed by atoms with van der Waals surface area (Å²) >= 11 is 5.82. The molecule has 0 radical (unpaired) electrons. The molecule has 0 heterocycles. The second-order valence-electron chi connectivity index (χ2n) is 3.71. The van der Waals surface area contributed by atoms with Crippen LogP contribution in [0.25, 0.3) is 0 Å². The summed E-state index contributed by atoms with van der Waals surface area (Å²) in [5.74, 6) is 0.0871. The number of halogens is 1. The van der Waals surface area contributed by atoms with Gasteiger partial charge in [-0.1, -0.05) is 23.7 Å². The summed E-state index contributed by atoms with van der Waals surface area (Å²) in [7, 11) is -3.11. The maximum Gasteiger partial charge on any atom is 0.173 e. The van der Waals surface area contributed by atoms with Gasteiger partial charge < -0.3 is 15.7 Å². The molecule has 0 fully saturated rings. The van der Waals surface area contributed by atoms with Gasteiger partial charge in [0.2, 0.25) is 0 Å². The highest BCUT2D eigenvalue weighted by Crippen LogP contribution is 2.23. The predicted octanol–water partition coefficient (Wildman–Crippen LogP) is 1.25. The van der Waals surface area contributed by atoms with Crippen LogP contribution in [-0.2, 0) is 9.84 Å². The third-order valence-electron chi connectivity index (χ3n) is 2.42. The molecule has 106 valence electrons. The molecule has 0 amide bonds. The van der Waals surface area contributed by atoms with Crippen molar-refractivity contribution in [1.29, 1.82) is 0 Å². The van der Waals surface area contributed by atoms with Crippen molar-refractivity contribution in [3.05, 3.63) is 28.8 Å². The number of nitrogens with two attached hydrogens (primary N) is 1. The van der Waals surface area contributed by atoms with Crippen LogP contribution in [0.5, 0.6) is 5.75 Å². The van der Waals surface area contributed by atoms with Gasteiger partial charge in [-0.3, -0.25) is 0 Å². The first-order valence-electron chi connectivity index (χ1n) is 5.50. The predicted molar refractivity (Wildman–Crippen MR) is 73.8 cm³/mol. The highest BCUT2D eigenvalue weighted by molar-refractivity contribution is 7.91. The average molecular weight is 307 g/mol. The van der Waals surface area contributed by atoms with Crippen molar-refractivity contribution in [3.63, 3.8) is 0 Å². The van der Waals surface area contributed by atoms with E-state index in [0.717, 1.165) is 0 Å². The largest absolute Gasteiger partial charge is 0.492 e. The van der Waals surface area contributed by atoms with Gasteiger partial charge in [-0.2, -0.15) is 0 Å². The summed E-state index contributed by atoms with van der Waals surface area (Å²) in [5.41, 5.74) is 5.84. The monoisotopic (exact) mass is 306 g/mol. The van der Waals surface area contributed by atoms with Crippen molar-refractivity contribution >= 4 is 27.3 Å². The number of hydrogen-bond acceptors (Lipinski definition) is 5. The minimum absolute atomic E-state index is 0.0256. The Balaban J connectivity index is 2.85. The van der Waals surface area contributed by atoms with E-state index in [9.17, 15) is 8.42 Å². The average Bonchev–Trinajstić information content (AvgIpc) is 2.38. The lowest BCUT2D eigenvalue weighted by molar-refractivity contribution is 0.317. The molecule has 0 aliphatic carbocycles. The molecule has 1 aromatic carbocycles.